The van der Waals surface area contributed by atoms with E-state index < -0.39 is 6.43 Å². The van der Waals surface area contributed by atoms with Gasteiger partial charge in [-0.15, -0.1) is 0 Å². The number of halogens is 2. The van der Waals surface area contributed by atoms with E-state index in [-0.39, 0.29) is 17.9 Å². The van der Waals surface area contributed by atoms with Crippen molar-refractivity contribution in [3.63, 3.8) is 0 Å². The van der Waals surface area contributed by atoms with Crippen molar-refractivity contribution in [2.24, 2.45) is 0 Å². The molecule has 2 atom stereocenters. The Hall–Kier alpha value is -3.47. The summed E-state index contributed by atoms with van der Waals surface area (Å²) < 4.78 is 38.9. The summed E-state index contributed by atoms with van der Waals surface area (Å²) in [5.74, 6) is 1.69. The van der Waals surface area contributed by atoms with Gasteiger partial charge in [0.2, 0.25) is 0 Å². The first-order valence-electron chi connectivity index (χ1n) is 9.78. The van der Waals surface area contributed by atoms with Crippen LogP contribution in [0.25, 0.3) is 16.9 Å². The maximum Gasteiger partial charge on any atom is 0.282 e. The molecule has 0 aliphatic carbocycles. The second-order valence-electron chi connectivity index (χ2n) is 7.40. The van der Waals surface area contributed by atoms with Gasteiger partial charge in [-0.2, -0.15) is 10.1 Å². The number of nitrogens with zero attached hydrogens (tertiary/aromatic N) is 7. The number of fused-ring (bicyclic) bond motifs is 1. The van der Waals surface area contributed by atoms with Gasteiger partial charge in [-0.3, -0.25) is 0 Å². The zero-order valence-electron chi connectivity index (χ0n) is 16.8. The van der Waals surface area contributed by atoms with Crippen LogP contribution in [0, 0.1) is 6.92 Å². The smallest absolute Gasteiger partial charge is 0.282 e. The van der Waals surface area contributed by atoms with Crippen molar-refractivity contribution in [1.82, 2.24) is 29.7 Å². The second-order valence-corrected chi connectivity index (χ2v) is 7.40. The van der Waals surface area contributed by atoms with Gasteiger partial charge in [0.15, 0.2) is 17.6 Å². The summed E-state index contributed by atoms with van der Waals surface area (Å²) in [6.45, 7) is 4.84. The molecule has 1 aliphatic heterocycles. The van der Waals surface area contributed by atoms with Crippen molar-refractivity contribution >= 4 is 11.5 Å². The Labute approximate surface area is 175 Å². The zero-order chi connectivity index (χ0) is 21.5. The molecule has 160 valence electrons. The highest BCUT2D eigenvalue weighted by atomic mass is 19.3. The van der Waals surface area contributed by atoms with E-state index in [1.165, 1.54) is 16.6 Å². The van der Waals surface area contributed by atoms with Crippen molar-refractivity contribution in [2.45, 2.75) is 32.5 Å². The molecule has 0 saturated carbocycles. The summed E-state index contributed by atoms with van der Waals surface area (Å²) in [6.07, 6.45) is 0.173. The number of hydrogen-bond acceptors (Lipinski definition) is 8. The van der Waals surface area contributed by atoms with Gasteiger partial charge in [0, 0.05) is 18.3 Å². The Balaban J connectivity index is 1.48. The number of rotatable bonds is 4. The first-order chi connectivity index (χ1) is 15.0. The average molecular weight is 427 g/mol. The van der Waals surface area contributed by atoms with Crippen LogP contribution in [-0.2, 0) is 4.74 Å². The number of alkyl halides is 2. The summed E-state index contributed by atoms with van der Waals surface area (Å²) in [5.41, 5.74) is 1.55. The number of ether oxygens (including phenoxy) is 1. The molecular weight excluding hydrogens is 408 g/mol. The molecule has 31 heavy (non-hydrogen) atoms. The van der Waals surface area contributed by atoms with Gasteiger partial charge in [0.05, 0.1) is 24.5 Å². The summed E-state index contributed by atoms with van der Waals surface area (Å²) in [4.78, 5) is 15.1. The average Bonchev–Trinajstić information content (AvgIpc) is 3.39. The van der Waals surface area contributed by atoms with Gasteiger partial charge in [-0.1, -0.05) is 5.16 Å². The van der Waals surface area contributed by atoms with Crippen molar-refractivity contribution in [3.8, 4) is 11.3 Å². The quantitative estimate of drug-likeness (QED) is 0.489. The van der Waals surface area contributed by atoms with Gasteiger partial charge >= 0.3 is 0 Å². The first kappa shape index (κ1) is 19.5. The molecule has 4 aromatic heterocycles. The van der Waals surface area contributed by atoms with Crippen LogP contribution < -0.4 is 4.90 Å². The minimum absolute atomic E-state index is 0.0810. The number of anilines is 1. The Bertz CT molecular complexity index is 1230. The van der Waals surface area contributed by atoms with Crippen molar-refractivity contribution in [3.05, 3.63) is 54.1 Å². The lowest BCUT2D eigenvalue weighted by Crippen LogP contribution is -2.43. The van der Waals surface area contributed by atoms with E-state index in [1.54, 1.807) is 25.4 Å². The van der Waals surface area contributed by atoms with Crippen LogP contribution in [0.15, 0.2) is 41.2 Å². The van der Waals surface area contributed by atoms with Gasteiger partial charge in [-0.05, 0) is 38.1 Å². The monoisotopic (exact) mass is 427 g/mol. The highest BCUT2D eigenvalue weighted by Crippen LogP contribution is 2.30. The fraction of sp³-hybridized carbons (Fsp3) is 0.350. The second kappa shape index (κ2) is 7.65. The molecule has 1 fully saturated rings. The lowest BCUT2D eigenvalue weighted by molar-refractivity contribution is -0.0333. The van der Waals surface area contributed by atoms with E-state index in [9.17, 15) is 8.78 Å². The molecule has 5 rings (SSSR count). The fourth-order valence-electron chi connectivity index (χ4n) is 3.67. The minimum Gasteiger partial charge on any atom is -0.362 e. The maximum absolute atomic E-state index is 13.1. The molecular formula is C20H19F2N7O2. The van der Waals surface area contributed by atoms with E-state index in [0.717, 1.165) is 5.56 Å². The van der Waals surface area contributed by atoms with Crippen molar-refractivity contribution in [1.29, 1.82) is 0 Å². The largest absolute Gasteiger partial charge is 0.362 e. The Morgan fingerprint density at radius 2 is 2.03 bits per heavy atom. The molecule has 0 amide bonds. The molecule has 0 spiro atoms. The number of imidazole rings is 1. The molecule has 1 aliphatic rings. The number of pyridine rings is 1. The number of aromatic nitrogens is 6. The molecule has 0 N–H and O–H groups in total. The van der Waals surface area contributed by atoms with E-state index in [0.29, 0.717) is 42.0 Å². The van der Waals surface area contributed by atoms with Crippen LogP contribution in [0.5, 0.6) is 0 Å². The van der Waals surface area contributed by atoms with Crippen LogP contribution >= 0.6 is 0 Å². The molecule has 1 saturated heterocycles. The fourth-order valence-corrected chi connectivity index (χ4v) is 3.67. The summed E-state index contributed by atoms with van der Waals surface area (Å²) in [5, 5.41) is 7.88. The summed E-state index contributed by atoms with van der Waals surface area (Å²) >= 11 is 0. The third-order valence-corrected chi connectivity index (χ3v) is 5.05. The molecule has 0 aromatic carbocycles. The lowest BCUT2D eigenvalue weighted by Gasteiger charge is -2.36. The normalized spacial score (nSPS) is 19.5. The topological polar surface area (TPSA) is 94.5 Å². The zero-order valence-corrected chi connectivity index (χ0v) is 16.8. The summed E-state index contributed by atoms with van der Waals surface area (Å²) in [6, 6.07) is 6.49. The van der Waals surface area contributed by atoms with Crippen molar-refractivity contribution in [2.75, 3.05) is 18.0 Å². The predicted octanol–water partition coefficient (Wildman–Crippen LogP) is 3.39. The maximum atomic E-state index is 13.1. The highest BCUT2D eigenvalue weighted by molar-refractivity contribution is 5.66. The molecule has 0 unspecified atom stereocenters. The van der Waals surface area contributed by atoms with Crippen LogP contribution in [0.4, 0.5) is 14.6 Å². The third-order valence-electron chi connectivity index (χ3n) is 5.05. The highest BCUT2D eigenvalue weighted by Gasteiger charge is 2.31. The Morgan fingerprint density at radius 1 is 1.16 bits per heavy atom. The lowest BCUT2D eigenvalue weighted by atomic mass is 10.1. The Kier molecular flexibility index (Phi) is 4.81. The van der Waals surface area contributed by atoms with Gasteiger partial charge in [0.1, 0.15) is 11.5 Å². The van der Waals surface area contributed by atoms with E-state index in [2.05, 4.69) is 30.1 Å². The van der Waals surface area contributed by atoms with Crippen LogP contribution in [0.3, 0.4) is 0 Å². The molecule has 0 bridgehead atoms. The minimum atomic E-state index is -2.66. The van der Waals surface area contributed by atoms with E-state index in [4.69, 9.17) is 9.26 Å². The van der Waals surface area contributed by atoms with E-state index >= 15 is 0 Å². The van der Waals surface area contributed by atoms with Crippen LogP contribution in [-0.4, -0.2) is 48.9 Å². The Morgan fingerprint density at radius 3 is 2.81 bits per heavy atom. The molecule has 5 heterocycles. The van der Waals surface area contributed by atoms with Gasteiger partial charge in [0.25, 0.3) is 12.3 Å². The van der Waals surface area contributed by atoms with Crippen molar-refractivity contribution < 1.29 is 18.0 Å². The summed E-state index contributed by atoms with van der Waals surface area (Å²) in [7, 11) is 0. The molecule has 11 heteroatoms. The molecule has 0 radical (unpaired) electrons. The number of hydrogen-bond donors (Lipinski definition) is 0. The van der Waals surface area contributed by atoms with Crippen LogP contribution in [0.2, 0.25) is 0 Å². The number of morpholine rings is 1. The van der Waals surface area contributed by atoms with Crippen LogP contribution in [0.1, 0.15) is 36.9 Å². The number of aryl methyl sites for hydroxylation is 1. The van der Waals surface area contributed by atoms with E-state index in [1.807, 2.05) is 13.0 Å². The standard InChI is InChI=1S/C20H19F2N7O2/c1-11-9-28(10-16(30-11)20-25-12(2)27-31-20)18-7-13(5-6-23-18)15-8-24-17-4-3-14(19(21)22)26-29(15)17/h3-8,11,16,19H,9-10H2,1-2H3/t11-,16-/m0/s1. The van der Waals surface area contributed by atoms with Gasteiger partial charge < -0.3 is 14.2 Å². The molecule has 4 aromatic rings. The molecule has 9 nitrogen and oxygen atoms in total. The van der Waals surface area contributed by atoms with Gasteiger partial charge in [-0.25, -0.2) is 23.3 Å². The third kappa shape index (κ3) is 3.72. The first-order valence-corrected chi connectivity index (χ1v) is 9.78. The predicted molar refractivity (Wildman–Crippen MR) is 106 cm³/mol. The SMILES string of the molecule is Cc1noc([C@@H]2CN(c3cc(-c4cnc5ccc(C(F)F)nn45)ccn3)C[C@H](C)O2)n1.